The Kier molecular flexibility index (Phi) is 8.53. The summed E-state index contributed by atoms with van der Waals surface area (Å²) >= 11 is 0. The van der Waals surface area contributed by atoms with Crippen LogP contribution in [-0.2, 0) is 22.3 Å². The minimum Gasteiger partial charge on any atom is -0.493 e. The van der Waals surface area contributed by atoms with Gasteiger partial charge in [0.15, 0.2) is 0 Å². The molecule has 2 atom stereocenters. The molecule has 1 amide bonds. The number of nitrogens with one attached hydrogen (secondary N) is 2. The maximum absolute atomic E-state index is 13.1. The lowest BCUT2D eigenvalue weighted by atomic mass is 9.88. The van der Waals surface area contributed by atoms with Crippen LogP contribution in [0.1, 0.15) is 24.0 Å². The lowest BCUT2D eigenvalue weighted by molar-refractivity contribution is -0.137. The summed E-state index contributed by atoms with van der Waals surface area (Å²) in [5, 5.41) is 4.14. The quantitative estimate of drug-likeness (QED) is 0.388. The number of ether oxygens (including phenoxy) is 2. The SMILES string of the molecule is COCCCNC(=O)[C@@H]1C[C@H](COc2cccc(C(F)(F)F)c2)CN(Cc2c[nH]c3ccccc23)C1. The highest BCUT2D eigenvalue weighted by Crippen LogP contribution is 2.32. The predicted molar refractivity (Wildman–Crippen MR) is 132 cm³/mol. The van der Waals surface area contributed by atoms with Gasteiger partial charge < -0.3 is 19.8 Å². The zero-order valence-electron chi connectivity index (χ0n) is 20.3. The van der Waals surface area contributed by atoms with Crippen LogP contribution in [0.5, 0.6) is 5.75 Å². The van der Waals surface area contributed by atoms with Gasteiger partial charge in [0.2, 0.25) is 5.91 Å². The van der Waals surface area contributed by atoms with Gasteiger partial charge in [0, 0.05) is 62.9 Å². The van der Waals surface area contributed by atoms with Gasteiger partial charge in [0.25, 0.3) is 0 Å². The zero-order chi connectivity index (χ0) is 25.5. The summed E-state index contributed by atoms with van der Waals surface area (Å²) in [5.41, 5.74) is 1.46. The lowest BCUT2D eigenvalue weighted by Crippen LogP contribution is -2.47. The number of piperidine rings is 1. The van der Waals surface area contributed by atoms with Crippen LogP contribution in [0.3, 0.4) is 0 Å². The fourth-order valence-electron chi connectivity index (χ4n) is 4.79. The number of benzene rings is 2. The number of methoxy groups -OCH3 is 1. The van der Waals surface area contributed by atoms with Crippen molar-refractivity contribution in [2.24, 2.45) is 11.8 Å². The molecule has 0 bridgehead atoms. The Hall–Kier alpha value is -3.04. The predicted octanol–water partition coefficient (Wildman–Crippen LogP) is 4.86. The number of aromatic nitrogens is 1. The monoisotopic (exact) mass is 503 g/mol. The van der Waals surface area contributed by atoms with Crippen LogP contribution in [0.2, 0.25) is 0 Å². The molecule has 2 heterocycles. The summed E-state index contributed by atoms with van der Waals surface area (Å²) in [6.45, 7) is 3.31. The third-order valence-electron chi connectivity index (χ3n) is 6.52. The Bertz CT molecular complexity index is 1150. The third kappa shape index (κ3) is 6.79. The smallest absolute Gasteiger partial charge is 0.416 e. The van der Waals surface area contributed by atoms with Crippen molar-refractivity contribution in [2.45, 2.75) is 25.6 Å². The molecule has 0 spiro atoms. The van der Waals surface area contributed by atoms with Gasteiger partial charge >= 0.3 is 6.18 Å². The van der Waals surface area contributed by atoms with E-state index in [0.29, 0.717) is 39.2 Å². The summed E-state index contributed by atoms with van der Waals surface area (Å²) in [5.74, 6) is -0.0761. The number of halogens is 3. The molecule has 0 radical (unpaired) electrons. The maximum atomic E-state index is 13.1. The molecular weight excluding hydrogens is 471 g/mol. The topological polar surface area (TPSA) is 66.6 Å². The normalized spacial score (nSPS) is 18.9. The molecule has 1 aliphatic heterocycles. The molecular formula is C27H32F3N3O3. The van der Waals surface area contributed by atoms with Crippen molar-refractivity contribution in [1.29, 1.82) is 0 Å². The van der Waals surface area contributed by atoms with Gasteiger partial charge in [-0.2, -0.15) is 13.2 Å². The Morgan fingerprint density at radius 1 is 1.17 bits per heavy atom. The van der Waals surface area contributed by atoms with E-state index in [0.717, 1.165) is 35.0 Å². The summed E-state index contributed by atoms with van der Waals surface area (Å²) in [6, 6.07) is 13.0. The molecule has 4 rings (SSSR count). The highest BCUT2D eigenvalue weighted by Gasteiger charge is 2.33. The van der Waals surface area contributed by atoms with E-state index in [2.05, 4.69) is 21.3 Å². The minimum atomic E-state index is -4.42. The number of hydrogen-bond donors (Lipinski definition) is 2. The highest BCUT2D eigenvalue weighted by molar-refractivity contribution is 5.83. The van der Waals surface area contributed by atoms with Crippen molar-refractivity contribution in [1.82, 2.24) is 15.2 Å². The minimum absolute atomic E-state index is 0.00627. The van der Waals surface area contributed by atoms with Crippen LogP contribution in [-0.4, -0.2) is 55.7 Å². The van der Waals surface area contributed by atoms with E-state index in [9.17, 15) is 18.0 Å². The van der Waals surface area contributed by atoms with Crippen LogP contribution in [0.15, 0.2) is 54.7 Å². The van der Waals surface area contributed by atoms with Crippen LogP contribution >= 0.6 is 0 Å². The molecule has 0 saturated carbocycles. The van der Waals surface area contributed by atoms with Gasteiger partial charge in [-0.3, -0.25) is 9.69 Å². The van der Waals surface area contributed by atoms with Crippen molar-refractivity contribution >= 4 is 16.8 Å². The van der Waals surface area contributed by atoms with E-state index in [4.69, 9.17) is 9.47 Å². The second-order valence-electron chi connectivity index (χ2n) is 9.33. The van der Waals surface area contributed by atoms with E-state index in [1.165, 1.54) is 12.1 Å². The van der Waals surface area contributed by atoms with E-state index in [1.54, 1.807) is 7.11 Å². The standard InChI is InChI=1S/C27H32F3N3O3/c1-35-11-5-10-31-26(34)20-12-19(18-36-23-7-4-6-22(13-23)27(28,29)30)15-33(16-20)17-21-14-32-25-9-3-2-8-24(21)25/h2-4,6-9,13-14,19-20,32H,5,10-12,15-18H2,1H3,(H,31,34)/t19-,20+/m0/s1. The fraction of sp³-hybridized carbons (Fsp3) is 0.444. The van der Waals surface area contributed by atoms with Gasteiger partial charge in [-0.25, -0.2) is 0 Å². The first-order chi connectivity index (χ1) is 17.3. The second-order valence-corrected chi connectivity index (χ2v) is 9.33. The summed E-state index contributed by atoms with van der Waals surface area (Å²) < 4.78 is 50.1. The average Bonchev–Trinajstić information content (AvgIpc) is 3.27. The van der Waals surface area contributed by atoms with Crippen LogP contribution in [0.4, 0.5) is 13.2 Å². The Morgan fingerprint density at radius 3 is 2.81 bits per heavy atom. The summed E-state index contributed by atoms with van der Waals surface area (Å²) in [4.78, 5) is 18.5. The van der Waals surface area contributed by atoms with Crippen molar-refractivity contribution in [3.63, 3.8) is 0 Å². The van der Waals surface area contributed by atoms with Gasteiger partial charge in [0.1, 0.15) is 5.75 Å². The van der Waals surface area contributed by atoms with E-state index < -0.39 is 11.7 Å². The van der Waals surface area contributed by atoms with Gasteiger partial charge in [-0.1, -0.05) is 24.3 Å². The Morgan fingerprint density at radius 2 is 2.00 bits per heavy atom. The number of para-hydroxylation sites is 1. The molecule has 1 saturated heterocycles. The molecule has 3 aromatic rings. The maximum Gasteiger partial charge on any atom is 0.416 e. The molecule has 6 nitrogen and oxygen atoms in total. The van der Waals surface area contributed by atoms with Crippen molar-refractivity contribution in [3.8, 4) is 5.75 Å². The number of fused-ring (bicyclic) bond motifs is 1. The molecule has 2 aromatic carbocycles. The van der Waals surface area contributed by atoms with Crippen molar-refractivity contribution in [2.75, 3.05) is 40.0 Å². The van der Waals surface area contributed by atoms with Gasteiger partial charge in [-0.15, -0.1) is 0 Å². The molecule has 0 unspecified atom stereocenters. The fourth-order valence-corrected chi connectivity index (χ4v) is 4.79. The number of rotatable bonds is 10. The highest BCUT2D eigenvalue weighted by atomic mass is 19.4. The number of amides is 1. The largest absolute Gasteiger partial charge is 0.493 e. The number of H-pyrrole nitrogens is 1. The van der Waals surface area contributed by atoms with E-state index in [1.807, 2.05) is 24.4 Å². The second kappa shape index (κ2) is 11.8. The Balaban J connectivity index is 1.44. The molecule has 9 heteroatoms. The number of carbonyl (C=O) groups excluding carboxylic acids is 1. The molecule has 36 heavy (non-hydrogen) atoms. The number of aromatic amines is 1. The first-order valence-corrected chi connectivity index (χ1v) is 12.2. The van der Waals surface area contributed by atoms with Gasteiger partial charge in [-0.05, 0) is 42.7 Å². The van der Waals surface area contributed by atoms with Crippen LogP contribution in [0.25, 0.3) is 10.9 Å². The van der Waals surface area contributed by atoms with Crippen molar-refractivity contribution in [3.05, 3.63) is 65.9 Å². The number of nitrogens with zero attached hydrogens (tertiary/aromatic N) is 1. The van der Waals surface area contributed by atoms with E-state index in [-0.39, 0.29) is 30.1 Å². The molecule has 1 aliphatic rings. The first-order valence-electron chi connectivity index (χ1n) is 12.2. The molecule has 2 N–H and O–H groups in total. The molecule has 0 aliphatic carbocycles. The lowest BCUT2D eigenvalue weighted by Gasteiger charge is -2.37. The summed E-state index contributed by atoms with van der Waals surface area (Å²) in [7, 11) is 1.63. The van der Waals surface area contributed by atoms with E-state index >= 15 is 0 Å². The van der Waals surface area contributed by atoms with Crippen LogP contribution in [0, 0.1) is 11.8 Å². The zero-order valence-corrected chi connectivity index (χ0v) is 20.3. The summed E-state index contributed by atoms with van der Waals surface area (Å²) in [6.07, 6.45) is -1.09. The van der Waals surface area contributed by atoms with Crippen LogP contribution < -0.4 is 10.1 Å². The molecule has 1 fully saturated rings. The molecule has 1 aromatic heterocycles. The molecule has 194 valence electrons. The van der Waals surface area contributed by atoms with Crippen molar-refractivity contribution < 1.29 is 27.4 Å². The number of likely N-dealkylation sites (tertiary alicyclic amines) is 1. The number of hydrogen-bond acceptors (Lipinski definition) is 4. The van der Waals surface area contributed by atoms with Gasteiger partial charge in [0.05, 0.1) is 18.1 Å². The number of carbonyl (C=O) groups is 1. The Labute approximate surface area is 208 Å². The first kappa shape index (κ1) is 26.0. The third-order valence-corrected chi connectivity index (χ3v) is 6.52. The average molecular weight is 504 g/mol. The number of alkyl halides is 3.